The first kappa shape index (κ1) is 22.2. The second kappa shape index (κ2) is 19.2. The van der Waals surface area contributed by atoms with Gasteiger partial charge in [-0.05, 0) is 38.5 Å². The number of primary amides is 1. The van der Waals surface area contributed by atoms with Gasteiger partial charge in [0, 0.05) is 13.0 Å². The van der Waals surface area contributed by atoms with Gasteiger partial charge in [-0.2, -0.15) is 0 Å². The van der Waals surface area contributed by atoms with Crippen LogP contribution in [-0.4, -0.2) is 17.6 Å². The van der Waals surface area contributed by atoms with E-state index in [-0.39, 0.29) is 5.91 Å². The monoisotopic (exact) mass is 325 g/mol. The summed E-state index contributed by atoms with van der Waals surface area (Å²) in [5, 5.41) is 8.69. The van der Waals surface area contributed by atoms with Crippen LogP contribution in [0.15, 0.2) is 12.2 Å². The van der Waals surface area contributed by atoms with E-state index < -0.39 is 0 Å². The van der Waals surface area contributed by atoms with Gasteiger partial charge in [0.15, 0.2) is 0 Å². The molecule has 0 aromatic heterocycles. The Kier molecular flexibility index (Phi) is 18.5. The molecule has 3 heteroatoms. The molecular formula is C20H39NO2. The van der Waals surface area contributed by atoms with Crippen molar-refractivity contribution in [2.75, 3.05) is 6.61 Å². The van der Waals surface area contributed by atoms with Crippen LogP contribution in [0.4, 0.5) is 0 Å². The van der Waals surface area contributed by atoms with E-state index in [0.717, 1.165) is 19.3 Å². The van der Waals surface area contributed by atoms with Gasteiger partial charge < -0.3 is 10.8 Å². The first-order valence-electron chi connectivity index (χ1n) is 9.81. The maximum atomic E-state index is 10.6. The van der Waals surface area contributed by atoms with E-state index in [2.05, 4.69) is 12.2 Å². The number of hydrogen-bond acceptors (Lipinski definition) is 2. The fraction of sp³-hybridized carbons (Fsp3) is 0.850. The molecule has 23 heavy (non-hydrogen) atoms. The molecule has 0 aliphatic heterocycles. The zero-order chi connectivity index (χ0) is 17.0. The summed E-state index contributed by atoms with van der Waals surface area (Å²) in [6, 6.07) is 0. The summed E-state index contributed by atoms with van der Waals surface area (Å²) in [4.78, 5) is 10.6. The highest BCUT2D eigenvalue weighted by Crippen LogP contribution is 2.11. The summed E-state index contributed by atoms with van der Waals surface area (Å²) in [6.07, 6.45) is 23.6. The lowest BCUT2D eigenvalue weighted by Crippen LogP contribution is -2.09. The first-order valence-corrected chi connectivity index (χ1v) is 9.81. The van der Waals surface area contributed by atoms with Gasteiger partial charge in [-0.1, -0.05) is 69.9 Å². The smallest absolute Gasteiger partial charge is 0.217 e. The van der Waals surface area contributed by atoms with Crippen molar-refractivity contribution in [2.24, 2.45) is 5.73 Å². The molecule has 3 nitrogen and oxygen atoms in total. The number of allylic oxidation sites excluding steroid dienone is 2. The minimum absolute atomic E-state index is 0.172. The predicted molar refractivity (Wildman–Crippen MR) is 99.3 cm³/mol. The average molecular weight is 326 g/mol. The number of rotatable bonds is 18. The molecule has 1 amide bonds. The van der Waals surface area contributed by atoms with Crippen LogP contribution in [0.25, 0.3) is 0 Å². The summed E-state index contributed by atoms with van der Waals surface area (Å²) in [6.45, 7) is 0.349. The van der Waals surface area contributed by atoms with Gasteiger partial charge in [-0.25, -0.2) is 0 Å². The van der Waals surface area contributed by atoms with E-state index in [0.29, 0.717) is 13.0 Å². The van der Waals surface area contributed by atoms with Crippen molar-refractivity contribution in [1.29, 1.82) is 0 Å². The topological polar surface area (TPSA) is 63.3 Å². The van der Waals surface area contributed by atoms with E-state index >= 15 is 0 Å². The van der Waals surface area contributed by atoms with Crippen molar-refractivity contribution >= 4 is 5.91 Å². The number of amides is 1. The highest BCUT2D eigenvalue weighted by molar-refractivity contribution is 5.73. The SMILES string of the molecule is NC(=O)CCCCCCC/C=C\CCCCCCCCCCO. The maximum absolute atomic E-state index is 10.6. The summed E-state index contributed by atoms with van der Waals surface area (Å²) in [7, 11) is 0. The Morgan fingerprint density at radius 2 is 1.04 bits per heavy atom. The normalized spacial score (nSPS) is 11.3. The molecule has 0 atom stereocenters. The largest absolute Gasteiger partial charge is 0.396 e. The van der Waals surface area contributed by atoms with Gasteiger partial charge in [0.2, 0.25) is 5.91 Å². The molecular weight excluding hydrogens is 286 g/mol. The number of carbonyl (C=O) groups excluding carboxylic acids is 1. The number of aliphatic hydroxyl groups is 1. The van der Waals surface area contributed by atoms with E-state index in [1.165, 1.54) is 77.0 Å². The van der Waals surface area contributed by atoms with Crippen molar-refractivity contribution < 1.29 is 9.90 Å². The minimum Gasteiger partial charge on any atom is -0.396 e. The molecule has 0 unspecified atom stereocenters. The number of hydrogen-bond donors (Lipinski definition) is 2. The van der Waals surface area contributed by atoms with Gasteiger partial charge in [0.05, 0.1) is 0 Å². The fourth-order valence-electron chi connectivity index (χ4n) is 2.76. The molecule has 0 heterocycles. The Morgan fingerprint density at radius 1 is 0.652 bits per heavy atom. The molecule has 0 aromatic carbocycles. The van der Waals surface area contributed by atoms with Crippen LogP contribution in [0.2, 0.25) is 0 Å². The molecule has 0 fully saturated rings. The third-order valence-corrected chi connectivity index (χ3v) is 4.24. The molecule has 0 bridgehead atoms. The third-order valence-electron chi connectivity index (χ3n) is 4.24. The summed E-state index contributed by atoms with van der Waals surface area (Å²) in [5.74, 6) is -0.172. The first-order chi connectivity index (χ1) is 11.3. The minimum atomic E-state index is -0.172. The van der Waals surface area contributed by atoms with E-state index in [1.54, 1.807) is 0 Å². The third kappa shape index (κ3) is 21.2. The van der Waals surface area contributed by atoms with Crippen LogP contribution in [-0.2, 0) is 4.79 Å². The van der Waals surface area contributed by atoms with E-state index in [4.69, 9.17) is 10.8 Å². The van der Waals surface area contributed by atoms with Crippen LogP contribution >= 0.6 is 0 Å². The molecule has 3 N–H and O–H groups in total. The van der Waals surface area contributed by atoms with Crippen molar-refractivity contribution in [3.05, 3.63) is 12.2 Å². The molecule has 0 rings (SSSR count). The number of unbranched alkanes of at least 4 members (excludes halogenated alkanes) is 13. The van der Waals surface area contributed by atoms with Crippen molar-refractivity contribution in [3.8, 4) is 0 Å². The van der Waals surface area contributed by atoms with E-state index in [1.807, 2.05) is 0 Å². The molecule has 0 saturated heterocycles. The Morgan fingerprint density at radius 3 is 1.48 bits per heavy atom. The molecule has 136 valence electrons. The molecule has 0 aromatic rings. The lowest BCUT2D eigenvalue weighted by atomic mass is 10.1. The molecule has 0 aliphatic carbocycles. The summed E-state index contributed by atoms with van der Waals surface area (Å²) < 4.78 is 0. The second-order valence-corrected chi connectivity index (χ2v) is 6.58. The van der Waals surface area contributed by atoms with Crippen molar-refractivity contribution in [3.63, 3.8) is 0 Å². The molecule has 0 radical (unpaired) electrons. The highest BCUT2D eigenvalue weighted by atomic mass is 16.2. The van der Waals surface area contributed by atoms with Gasteiger partial charge in [0.1, 0.15) is 0 Å². The van der Waals surface area contributed by atoms with Crippen LogP contribution in [0.1, 0.15) is 103 Å². The number of carbonyl (C=O) groups is 1. The maximum Gasteiger partial charge on any atom is 0.217 e. The van der Waals surface area contributed by atoms with Crippen LogP contribution < -0.4 is 5.73 Å². The number of aliphatic hydroxyl groups excluding tert-OH is 1. The summed E-state index contributed by atoms with van der Waals surface area (Å²) >= 11 is 0. The molecule has 0 saturated carbocycles. The quantitative estimate of drug-likeness (QED) is 0.266. The lowest BCUT2D eigenvalue weighted by molar-refractivity contribution is -0.118. The Balaban J connectivity index is 3.07. The Bertz CT molecular complexity index is 277. The van der Waals surface area contributed by atoms with Crippen molar-refractivity contribution in [2.45, 2.75) is 103 Å². The zero-order valence-electron chi connectivity index (χ0n) is 15.1. The lowest BCUT2D eigenvalue weighted by Gasteiger charge is -2.00. The Labute approximate surface area is 143 Å². The van der Waals surface area contributed by atoms with Crippen LogP contribution in [0, 0.1) is 0 Å². The number of nitrogens with two attached hydrogens (primary N) is 1. The van der Waals surface area contributed by atoms with Gasteiger partial charge >= 0.3 is 0 Å². The second-order valence-electron chi connectivity index (χ2n) is 6.58. The van der Waals surface area contributed by atoms with Gasteiger partial charge in [0.25, 0.3) is 0 Å². The summed E-state index contributed by atoms with van der Waals surface area (Å²) in [5.41, 5.74) is 5.11. The van der Waals surface area contributed by atoms with E-state index in [9.17, 15) is 4.79 Å². The van der Waals surface area contributed by atoms with Crippen LogP contribution in [0.5, 0.6) is 0 Å². The van der Waals surface area contributed by atoms with Crippen molar-refractivity contribution in [1.82, 2.24) is 0 Å². The average Bonchev–Trinajstić information content (AvgIpc) is 2.53. The fourth-order valence-corrected chi connectivity index (χ4v) is 2.76. The zero-order valence-corrected chi connectivity index (χ0v) is 15.1. The Hall–Kier alpha value is -0.830. The van der Waals surface area contributed by atoms with Crippen LogP contribution in [0.3, 0.4) is 0 Å². The van der Waals surface area contributed by atoms with Gasteiger partial charge in [-0.3, -0.25) is 4.79 Å². The predicted octanol–water partition coefficient (Wildman–Crippen LogP) is 5.26. The van der Waals surface area contributed by atoms with Gasteiger partial charge in [-0.15, -0.1) is 0 Å². The molecule has 0 aliphatic rings. The standard InChI is InChI=1S/C20H39NO2/c21-20(23)18-16-14-12-10-8-6-4-2-1-3-5-7-9-11-13-15-17-19-22/h2,4,22H,1,3,5-19H2,(H2,21,23)/b4-2-. The molecule has 0 spiro atoms. The highest BCUT2D eigenvalue weighted by Gasteiger charge is 1.94.